The highest BCUT2D eigenvalue weighted by Crippen LogP contribution is 2.58. The maximum absolute atomic E-state index is 13.0. The van der Waals surface area contributed by atoms with Crippen molar-refractivity contribution in [1.29, 1.82) is 0 Å². The molecule has 3 aromatic carbocycles. The Hall–Kier alpha value is -4.71. The lowest BCUT2D eigenvalue weighted by atomic mass is 9.85. The third-order valence-corrected chi connectivity index (χ3v) is 6.25. The zero-order valence-electron chi connectivity index (χ0n) is 19.4. The molecule has 1 atom stereocenters. The van der Waals surface area contributed by atoms with Gasteiger partial charge in [-0.1, -0.05) is 72.8 Å². The molecule has 6 nitrogen and oxygen atoms in total. The summed E-state index contributed by atoms with van der Waals surface area (Å²) in [6.07, 6.45) is 6.61. The molecule has 4 aromatic rings. The lowest BCUT2D eigenvalue weighted by molar-refractivity contribution is -0.129. The molecular formula is C30H24N2O4. The van der Waals surface area contributed by atoms with Gasteiger partial charge in [-0.25, -0.2) is 10.2 Å². The molecule has 0 radical (unpaired) electrons. The van der Waals surface area contributed by atoms with E-state index < -0.39 is 5.97 Å². The highest BCUT2D eigenvalue weighted by atomic mass is 16.5. The highest BCUT2D eigenvalue weighted by Gasteiger charge is 2.60. The Balaban J connectivity index is 1.23. The van der Waals surface area contributed by atoms with Crippen molar-refractivity contribution >= 4 is 24.2 Å². The Morgan fingerprint density at radius 3 is 2.31 bits per heavy atom. The first-order valence-electron chi connectivity index (χ1n) is 11.6. The summed E-state index contributed by atoms with van der Waals surface area (Å²) in [4.78, 5) is 25.1. The Kier molecular flexibility index (Phi) is 6.58. The van der Waals surface area contributed by atoms with Crippen molar-refractivity contribution in [3.05, 3.63) is 132 Å². The molecule has 1 fully saturated rings. The molecule has 0 spiro atoms. The van der Waals surface area contributed by atoms with E-state index in [0.29, 0.717) is 17.1 Å². The van der Waals surface area contributed by atoms with Crippen LogP contribution in [0.3, 0.4) is 0 Å². The Bertz CT molecular complexity index is 1350. The van der Waals surface area contributed by atoms with Gasteiger partial charge in [0.25, 0.3) is 0 Å². The summed E-state index contributed by atoms with van der Waals surface area (Å²) in [5, 5.41) is 4.15. The fourth-order valence-corrected chi connectivity index (χ4v) is 4.45. The van der Waals surface area contributed by atoms with E-state index in [2.05, 4.69) is 34.8 Å². The summed E-state index contributed by atoms with van der Waals surface area (Å²) in [6.45, 7) is 0. The number of nitrogens with one attached hydrogen (secondary N) is 1. The van der Waals surface area contributed by atoms with Crippen molar-refractivity contribution in [2.45, 2.75) is 11.8 Å². The van der Waals surface area contributed by atoms with Crippen LogP contribution in [0.25, 0.3) is 6.08 Å². The molecule has 1 N–H and O–H groups in total. The van der Waals surface area contributed by atoms with E-state index >= 15 is 0 Å². The van der Waals surface area contributed by atoms with Gasteiger partial charge in [0.15, 0.2) is 0 Å². The summed E-state index contributed by atoms with van der Waals surface area (Å²) in [6, 6.07) is 30.6. The minimum atomic E-state index is -0.527. The largest absolute Gasteiger partial charge is 0.465 e. The number of esters is 1. The lowest BCUT2D eigenvalue weighted by Crippen LogP contribution is -2.25. The number of amides is 1. The molecule has 1 amide bonds. The lowest BCUT2D eigenvalue weighted by Gasteiger charge is -2.18. The minimum absolute atomic E-state index is 0.135. The number of furan rings is 1. The van der Waals surface area contributed by atoms with Gasteiger partial charge in [0, 0.05) is 11.5 Å². The molecule has 0 bridgehead atoms. The molecule has 1 heterocycles. The predicted octanol–water partition coefficient (Wildman–Crippen LogP) is 5.35. The van der Waals surface area contributed by atoms with Crippen LogP contribution in [0.2, 0.25) is 0 Å². The van der Waals surface area contributed by atoms with Gasteiger partial charge in [-0.15, -0.1) is 0 Å². The summed E-state index contributed by atoms with van der Waals surface area (Å²) in [5.41, 5.74) is 5.26. The topological polar surface area (TPSA) is 80.9 Å². The summed E-state index contributed by atoms with van der Waals surface area (Å²) in [7, 11) is 0. The second-order valence-corrected chi connectivity index (χ2v) is 8.54. The first-order chi connectivity index (χ1) is 17.6. The predicted molar refractivity (Wildman–Crippen MR) is 137 cm³/mol. The molecule has 178 valence electrons. The number of carbonyl (C=O) groups is 2. The quantitative estimate of drug-likeness (QED) is 0.122. The fourth-order valence-electron chi connectivity index (χ4n) is 4.45. The van der Waals surface area contributed by atoms with Crippen LogP contribution in [0.5, 0.6) is 5.75 Å². The molecular weight excluding hydrogens is 452 g/mol. The van der Waals surface area contributed by atoms with Crippen LogP contribution >= 0.6 is 0 Å². The first-order valence-corrected chi connectivity index (χ1v) is 11.6. The number of rotatable bonds is 8. The number of hydrogen-bond donors (Lipinski definition) is 1. The average Bonchev–Trinajstić information content (AvgIpc) is 3.47. The molecule has 1 aromatic heterocycles. The number of nitrogens with zero attached hydrogens (tertiary/aromatic N) is 1. The van der Waals surface area contributed by atoms with E-state index in [1.807, 2.05) is 36.4 Å². The standard InChI is InChI=1S/C30H24N2O4/c33-28(17-16-25-15-8-18-35-25)36-26-14-7-9-22(19-26)21-31-32-29(34)27-20-30(27,23-10-3-1-4-11-23)24-12-5-2-6-13-24/h1-19,21,27H,20H2,(H,32,34)/b17-16-,31-21?/t27-/m1/s1. The fraction of sp³-hybridized carbons (Fsp3) is 0.100. The molecule has 36 heavy (non-hydrogen) atoms. The van der Waals surface area contributed by atoms with Crippen LogP contribution in [0.4, 0.5) is 0 Å². The normalized spacial score (nSPS) is 16.2. The number of benzene rings is 3. The van der Waals surface area contributed by atoms with Crippen LogP contribution in [0, 0.1) is 5.92 Å². The number of carbonyl (C=O) groups excluding carboxylic acids is 2. The molecule has 0 unspecified atom stereocenters. The van der Waals surface area contributed by atoms with Gasteiger partial charge < -0.3 is 9.15 Å². The zero-order valence-corrected chi connectivity index (χ0v) is 19.4. The van der Waals surface area contributed by atoms with Crippen LogP contribution in [-0.2, 0) is 15.0 Å². The van der Waals surface area contributed by atoms with Crippen molar-refractivity contribution in [3.63, 3.8) is 0 Å². The summed E-state index contributed by atoms with van der Waals surface area (Å²) in [5.74, 6) is 0.0505. The minimum Gasteiger partial charge on any atom is -0.465 e. The van der Waals surface area contributed by atoms with Gasteiger partial charge >= 0.3 is 5.97 Å². The van der Waals surface area contributed by atoms with Crippen molar-refractivity contribution in [2.24, 2.45) is 11.0 Å². The van der Waals surface area contributed by atoms with Crippen molar-refractivity contribution in [2.75, 3.05) is 0 Å². The van der Waals surface area contributed by atoms with Gasteiger partial charge in [-0.3, -0.25) is 4.79 Å². The highest BCUT2D eigenvalue weighted by molar-refractivity contribution is 5.89. The number of ether oxygens (including phenoxy) is 1. The third kappa shape index (κ3) is 5.03. The van der Waals surface area contributed by atoms with E-state index in [9.17, 15) is 9.59 Å². The maximum atomic E-state index is 13.0. The van der Waals surface area contributed by atoms with Gasteiger partial charge in [0.2, 0.25) is 5.91 Å². The van der Waals surface area contributed by atoms with Crippen LogP contribution in [0.15, 0.2) is 119 Å². The molecule has 5 rings (SSSR count). The molecule has 1 aliphatic carbocycles. The second-order valence-electron chi connectivity index (χ2n) is 8.54. The molecule has 0 saturated heterocycles. The smallest absolute Gasteiger partial charge is 0.336 e. The van der Waals surface area contributed by atoms with Crippen LogP contribution in [-0.4, -0.2) is 18.1 Å². The summed E-state index contributed by atoms with van der Waals surface area (Å²) >= 11 is 0. The molecule has 1 aliphatic rings. The van der Waals surface area contributed by atoms with Crippen LogP contribution in [0.1, 0.15) is 28.9 Å². The number of hydrazone groups is 1. The molecule has 0 aliphatic heterocycles. The number of hydrogen-bond acceptors (Lipinski definition) is 5. The van der Waals surface area contributed by atoms with Crippen molar-refractivity contribution in [3.8, 4) is 5.75 Å². The average molecular weight is 477 g/mol. The maximum Gasteiger partial charge on any atom is 0.336 e. The monoisotopic (exact) mass is 476 g/mol. The molecule has 1 saturated carbocycles. The van der Waals surface area contributed by atoms with Gasteiger partial charge in [0.05, 0.1) is 18.4 Å². The Morgan fingerprint density at radius 1 is 0.917 bits per heavy atom. The van der Waals surface area contributed by atoms with Gasteiger partial charge in [-0.2, -0.15) is 5.10 Å². The third-order valence-electron chi connectivity index (χ3n) is 6.25. The van der Waals surface area contributed by atoms with Crippen LogP contribution < -0.4 is 10.2 Å². The van der Waals surface area contributed by atoms with E-state index in [1.54, 1.807) is 36.4 Å². The molecule has 6 heteroatoms. The Labute approximate surface area is 208 Å². The van der Waals surface area contributed by atoms with Crippen molar-refractivity contribution in [1.82, 2.24) is 5.43 Å². The van der Waals surface area contributed by atoms with Gasteiger partial charge in [-0.05, 0) is 53.5 Å². The SMILES string of the molecule is O=C(/C=C\c1ccco1)Oc1cccc(C=NNC(=O)[C@H]2CC2(c2ccccc2)c2ccccc2)c1. The Morgan fingerprint density at radius 2 is 1.64 bits per heavy atom. The summed E-state index contributed by atoms with van der Waals surface area (Å²) < 4.78 is 10.5. The zero-order chi connectivity index (χ0) is 24.8. The second kappa shape index (κ2) is 10.3. The van der Waals surface area contributed by atoms with Gasteiger partial charge in [0.1, 0.15) is 11.5 Å². The van der Waals surface area contributed by atoms with E-state index in [1.165, 1.54) is 24.6 Å². The van der Waals surface area contributed by atoms with Crippen molar-refractivity contribution < 1.29 is 18.7 Å². The van der Waals surface area contributed by atoms with E-state index in [-0.39, 0.29) is 17.2 Å². The first kappa shape index (κ1) is 23.1. The van der Waals surface area contributed by atoms with E-state index in [4.69, 9.17) is 9.15 Å². The van der Waals surface area contributed by atoms with E-state index in [0.717, 1.165) is 17.5 Å².